The molecule has 1 aliphatic carbocycles. The Balaban J connectivity index is 1.68. The van der Waals surface area contributed by atoms with Gasteiger partial charge in [0.2, 0.25) is 0 Å². The zero-order valence-electron chi connectivity index (χ0n) is 12.4. The van der Waals surface area contributed by atoms with Crippen LogP contribution in [0.15, 0.2) is 30.3 Å². The molecule has 0 spiro atoms. The molecule has 116 valence electrons. The van der Waals surface area contributed by atoms with Gasteiger partial charge in [-0.15, -0.1) is 0 Å². The van der Waals surface area contributed by atoms with Crippen LogP contribution >= 0.6 is 0 Å². The van der Waals surface area contributed by atoms with Crippen LogP contribution in [0, 0.1) is 5.92 Å². The van der Waals surface area contributed by atoms with Gasteiger partial charge in [-0.05, 0) is 24.3 Å². The van der Waals surface area contributed by atoms with E-state index in [9.17, 15) is 9.90 Å². The lowest BCUT2D eigenvalue weighted by Gasteiger charge is -2.19. The van der Waals surface area contributed by atoms with Gasteiger partial charge < -0.3 is 20.5 Å². The summed E-state index contributed by atoms with van der Waals surface area (Å²) in [5, 5.41) is 15.6. The maximum atomic E-state index is 11.8. The zero-order valence-corrected chi connectivity index (χ0v) is 12.4. The van der Waals surface area contributed by atoms with E-state index in [1.54, 1.807) is 7.11 Å². The minimum absolute atomic E-state index is 0.0706. The van der Waals surface area contributed by atoms with Crippen molar-refractivity contribution < 1.29 is 14.6 Å². The number of aliphatic hydroxyl groups excluding tert-OH is 1. The predicted octanol–water partition coefficient (Wildman–Crippen LogP) is 1.31. The number of hydrogen-bond donors (Lipinski definition) is 3. The largest absolute Gasteiger partial charge is 0.391 e. The van der Waals surface area contributed by atoms with Gasteiger partial charge >= 0.3 is 6.03 Å². The van der Waals surface area contributed by atoms with Gasteiger partial charge in [0, 0.05) is 20.1 Å². The maximum absolute atomic E-state index is 11.8. The van der Waals surface area contributed by atoms with E-state index in [0.29, 0.717) is 18.9 Å². The van der Waals surface area contributed by atoms with Crippen LogP contribution in [-0.4, -0.2) is 43.5 Å². The Morgan fingerprint density at radius 3 is 2.71 bits per heavy atom. The quantitative estimate of drug-likeness (QED) is 0.676. The van der Waals surface area contributed by atoms with Crippen LogP contribution < -0.4 is 10.6 Å². The first-order chi connectivity index (χ1) is 10.2. The van der Waals surface area contributed by atoms with Gasteiger partial charge in [0.15, 0.2) is 0 Å². The van der Waals surface area contributed by atoms with E-state index < -0.39 is 6.10 Å². The number of urea groups is 1. The van der Waals surface area contributed by atoms with E-state index in [2.05, 4.69) is 10.6 Å². The van der Waals surface area contributed by atoms with Gasteiger partial charge in [0.25, 0.3) is 0 Å². The minimum Gasteiger partial charge on any atom is -0.391 e. The third kappa shape index (κ3) is 5.73. The van der Waals surface area contributed by atoms with Crippen LogP contribution in [0.25, 0.3) is 0 Å². The minimum atomic E-state index is -0.583. The van der Waals surface area contributed by atoms with E-state index >= 15 is 0 Å². The average Bonchev–Trinajstić information content (AvgIpc) is 3.30. The summed E-state index contributed by atoms with van der Waals surface area (Å²) in [6.45, 7) is 0.774. The molecule has 5 heteroatoms. The fourth-order valence-corrected chi connectivity index (χ4v) is 2.36. The number of benzene rings is 1. The van der Waals surface area contributed by atoms with Crippen molar-refractivity contribution in [3.05, 3.63) is 35.9 Å². The molecule has 1 fully saturated rings. The lowest BCUT2D eigenvalue weighted by molar-refractivity contribution is 0.152. The smallest absolute Gasteiger partial charge is 0.315 e. The van der Waals surface area contributed by atoms with Crippen LogP contribution in [0.1, 0.15) is 18.4 Å². The highest BCUT2D eigenvalue weighted by molar-refractivity contribution is 5.74. The Labute approximate surface area is 125 Å². The molecule has 2 rings (SSSR count). The summed E-state index contributed by atoms with van der Waals surface area (Å²) in [5.41, 5.74) is 1.06. The van der Waals surface area contributed by atoms with Crippen LogP contribution in [0.4, 0.5) is 4.79 Å². The molecular weight excluding hydrogens is 268 g/mol. The molecule has 3 N–H and O–H groups in total. The average molecular weight is 292 g/mol. The highest BCUT2D eigenvalue weighted by Gasteiger charge is 2.32. The van der Waals surface area contributed by atoms with Crippen LogP contribution in [0.5, 0.6) is 0 Å². The fourth-order valence-electron chi connectivity index (χ4n) is 2.36. The predicted molar refractivity (Wildman–Crippen MR) is 81.1 cm³/mol. The molecule has 0 saturated heterocycles. The second kappa shape index (κ2) is 8.00. The lowest BCUT2D eigenvalue weighted by Crippen LogP contribution is -2.47. The number of ether oxygens (including phenoxy) is 1. The number of aliphatic hydroxyl groups is 1. The molecule has 1 aromatic rings. The first kappa shape index (κ1) is 15.8. The van der Waals surface area contributed by atoms with Gasteiger partial charge in [-0.1, -0.05) is 30.3 Å². The Hall–Kier alpha value is -1.59. The van der Waals surface area contributed by atoms with Crippen molar-refractivity contribution in [1.29, 1.82) is 0 Å². The van der Waals surface area contributed by atoms with Crippen molar-refractivity contribution in [2.45, 2.75) is 31.4 Å². The van der Waals surface area contributed by atoms with Crippen molar-refractivity contribution in [3.8, 4) is 0 Å². The van der Waals surface area contributed by atoms with Crippen LogP contribution in [0.3, 0.4) is 0 Å². The van der Waals surface area contributed by atoms with Gasteiger partial charge in [-0.2, -0.15) is 0 Å². The summed E-state index contributed by atoms with van der Waals surface area (Å²) in [5.74, 6) is 0.532. The van der Waals surface area contributed by atoms with Gasteiger partial charge in [-0.25, -0.2) is 4.79 Å². The van der Waals surface area contributed by atoms with E-state index in [1.165, 1.54) is 0 Å². The molecule has 0 bridgehead atoms. The standard InChI is InChI=1S/C16H24N2O3/c1-21-11-15(13-7-8-13)18-16(20)17-10-14(19)9-12-5-3-2-4-6-12/h2-6,13-15,19H,7-11H2,1H3,(H2,17,18,20). The van der Waals surface area contributed by atoms with Crippen molar-refractivity contribution in [1.82, 2.24) is 10.6 Å². The molecule has 0 aromatic heterocycles. The number of carbonyl (C=O) groups excluding carboxylic acids is 1. The number of rotatable bonds is 8. The van der Waals surface area contributed by atoms with Crippen LogP contribution in [-0.2, 0) is 11.2 Å². The summed E-state index contributed by atoms with van der Waals surface area (Å²) in [6, 6.07) is 9.57. The molecule has 2 atom stereocenters. The molecule has 1 aromatic carbocycles. The van der Waals surface area contributed by atoms with Crippen molar-refractivity contribution >= 4 is 6.03 Å². The molecule has 2 amide bonds. The Morgan fingerprint density at radius 1 is 1.38 bits per heavy atom. The topological polar surface area (TPSA) is 70.6 Å². The number of amides is 2. The third-order valence-corrected chi connectivity index (χ3v) is 3.67. The Kier molecular flexibility index (Phi) is 6.02. The maximum Gasteiger partial charge on any atom is 0.315 e. The molecule has 5 nitrogen and oxygen atoms in total. The highest BCUT2D eigenvalue weighted by atomic mass is 16.5. The van der Waals surface area contributed by atoms with E-state index in [1.807, 2.05) is 30.3 Å². The van der Waals surface area contributed by atoms with Crippen molar-refractivity contribution in [2.24, 2.45) is 5.92 Å². The molecular formula is C16H24N2O3. The van der Waals surface area contributed by atoms with E-state index in [4.69, 9.17) is 4.74 Å². The Bertz CT molecular complexity index is 434. The summed E-state index contributed by atoms with van der Waals surface area (Å²) in [6.07, 6.45) is 2.24. The summed E-state index contributed by atoms with van der Waals surface area (Å²) in [7, 11) is 1.64. The van der Waals surface area contributed by atoms with E-state index in [0.717, 1.165) is 18.4 Å². The van der Waals surface area contributed by atoms with Crippen molar-refractivity contribution in [2.75, 3.05) is 20.3 Å². The zero-order chi connectivity index (χ0) is 15.1. The van der Waals surface area contributed by atoms with Gasteiger partial charge in [0.1, 0.15) is 0 Å². The molecule has 1 saturated carbocycles. The van der Waals surface area contributed by atoms with E-state index in [-0.39, 0.29) is 18.6 Å². The number of methoxy groups -OCH3 is 1. The van der Waals surface area contributed by atoms with Gasteiger partial charge in [0.05, 0.1) is 18.8 Å². The first-order valence-corrected chi connectivity index (χ1v) is 7.44. The number of hydrogen-bond acceptors (Lipinski definition) is 3. The molecule has 1 aliphatic rings. The molecule has 0 aliphatic heterocycles. The Morgan fingerprint density at radius 2 is 2.10 bits per heavy atom. The number of nitrogens with one attached hydrogen (secondary N) is 2. The normalized spacial score (nSPS) is 17.0. The lowest BCUT2D eigenvalue weighted by atomic mass is 10.1. The monoisotopic (exact) mass is 292 g/mol. The van der Waals surface area contributed by atoms with Crippen LogP contribution in [0.2, 0.25) is 0 Å². The SMILES string of the molecule is COCC(NC(=O)NCC(O)Cc1ccccc1)C1CC1. The van der Waals surface area contributed by atoms with Crippen molar-refractivity contribution in [3.63, 3.8) is 0 Å². The summed E-state index contributed by atoms with van der Waals surface area (Å²) >= 11 is 0. The second-order valence-electron chi connectivity index (χ2n) is 5.60. The summed E-state index contributed by atoms with van der Waals surface area (Å²) < 4.78 is 5.12. The second-order valence-corrected chi connectivity index (χ2v) is 5.60. The molecule has 21 heavy (non-hydrogen) atoms. The summed E-state index contributed by atoms with van der Waals surface area (Å²) in [4.78, 5) is 11.8. The molecule has 0 heterocycles. The first-order valence-electron chi connectivity index (χ1n) is 7.44. The van der Waals surface area contributed by atoms with Gasteiger partial charge in [-0.3, -0.25) is 0 Å². The molecule has 2 unspecified atom stereocenters. The third-order valence-electron chi connectivity index (χ3n) is 3.67. The fraction of sp³-hybridized carbons (Fsp3) is 0.562. The molecule has 0 radical (unpaired) electrons. The number of carbonyl (C=O) groups is 1. The highest BCUT2D eigenvalue weighted by Crippen LogP contribution is 2.32.